The number of piperidine rings is 3. The summed E-state index contributed by atoms with van der Waals surface area (Å²) >= 11 is 5.43. The van der Waals surface area contributed by atoms with Crippen LogP contribution in [-0.2, 0) is 4.74 Å². The zero-order valence-electron chi connectivity index (χ0n) is 14.8. The van der Waals surface area contributed by atoms with Gasteiger partial charge in [-0.05, 0) is 61.0 Å². The molecule has 3 saturated heterocycles. The van der Waals surface area contributed by atoms with E-state index in [2.05, 4.69) is 58.2 Å². The number of hydrogen-bond donors (Lipinski definition) is 1. The third kappa shape index (κ3) is 3.58. The van der Waals surface area contributed by atoms with Crippen molar-refractivity contribution in [3.05, 3.63) is 28.2 Å². The predicted octanol–water partition coefficient (Wildman–Crippen LogP) is 4.44. The molecule has 1 aromatic rings. The number of rotatable bonds is 2. The van der Waals surface area contributed by atoms with Gasteiger partial charge in [0.15, 0.2) is 0 Å². The molecule has 0 radical (unpaired) electrons. The Balaban J connectivity index is 1.49. The first kappa shape index (κ1) is 17.7. The largest absolute Gasteiger partial charge is 0.445 e. The molecule has 3 fully saturated rings. The smallest absolute Gasteiger partial charge is 0.407 e. The Morgan fingerprint density at radius 3 is 2.80 bits per heavy atom. The van der Waals surface area contributed by atoms with Crippen molar-refractivity contribution in [3.8, 4) is 0 Å². The number of hydrogen-bond acceptors (Lipinski definition) is 4. The lowest BCUT2D eigenvalue weighted by Gasteiger charge is -2.44. The maximum atomic E-state index is 12.7. The van der Waals surface area contributed by atoms with Gasteiger partial charge < -0.3 is 10.1 Å². The highest BCUT2D eigenvalue weighted by molar-refractivity contribution is 9.10. The van der Waals surface area contributed by atoms with Crippen LogP contribution in [0.2, 0.25) is 0 Å². The van der Waals surface area contributed by atoms with E-state index in [1.165, 1.54) is 10.5 Å². The molecule has 1 aromatic carbocycles. The van der Waals surface area contributed by atoms with Crippen LogP contribution < -0.4 is 5.32 Å². The third-order valence-electron chi connectivity index (χ3n) is 5.78. The lowest BCUT2D eigenvalue weighted by Crippen LogP contribution is -2.53. The van der Waals surface area contributed by atoms with Gasteiger partial charge in [0.05, 0.1) is 6.04 Å². The standard InChI is InChI=1S/C19H25BrN2O2S/c1-19(2)11-25-16-4-3-13(20)9-14(16)17(19)21-18(23)24-15-10-22-7-5-12(15)6-8-22/h3-4,9,12,15,17H,5-8,10-11H2,1-2H3,(H,21,23)/t15-,17?/m0/s1. The monoisotopic (exact) mass is 424 g/mol. The summed E-state index contributed by atoms with van der Waals surface area (Å²) in [6.07, 6.45) is 2.08. The number of halogens is 1. The number of ether oxygens (including phenoxy) is 1. The van der Waals surface area contributed by atoms with E-state index in [4.69, 9.17) is 4.74 Å². The fourth-order valence-electron chi connectivity index (χ4n) is 4.25. The minimum absolute atomic E-state index is 0.0213. The molecular weight excluding hydrogens is 400 g/mol. The van der Waals surface area contributed by atoms with Crippen LogP contribution in [0.1, 0.15) is 38.3 Å². The minimum atomic E-state index is -0.269. The van der Waals surface area contributed by atoms with E-state index in [9.17, 15) is 4.79 Å². The highest BCUT2D eigenvalue weighted by atomic mass is 79.9. The fourth-order valence-corrected chi connectivity index (χ4v) is 5.83. The number of carbonyl (C=O) groups excluding carboxylic acids is 1. The molecule has 4 aliphatic heterocycles. The van der Waals surface area contributed by atoms with E-state index in [1.807, 2.05) is 11.8 Å². The lowest BCUT2D eigenvalue weighted by molar-refractivity contribution is -0.0349. The second-order valence-corrected chi connectivity index (χ2v) is 10.1. The van der Waals surface area contributed by atoms with Crippen molar-refractivity contribution in [2.24, 2.45) is 11.3 Å². The Morgan fingerprint density at radius 1 is 1.36 bits per heavy atom. The average Bonchev–Trinajstić information content (AvgIpc) is 2.59. The number of nitrogens with one attached hydrogen (secondary N) is 1. The van der Waals surface area contributed by atoms with E-state index in [0.29, 0.717) is 5.92 Å². The number of nitrogens with zero attached hydrogens (tertiary/aromatic N) is 1. The molecule has 0 saturated carbocycles. The van der Waals surface area contributed by atoms with Crippen LogP contribution in [0.5, 0.6) is 0 Å². The van der Waals surface area contributed by atoms with Gasteiger partial charge in [0, 0.05) is 21.7 Å². The van der Waals surface area contributed by atoms with Crippen molar-refractivity contribution < 1.29 is 9.53 Å². The molecule has 4 heterocycles. The fraction of sp³-hybridized carbons (Fsp3) is 0.632. The Bertz CT molecular complexity index is 673. The van der Waals surface area contributed by atoms with Gasteiger partial charge in [0.25, 0.3) is 0 Å². The number of fused-ring (bicyclic) bond motifs is 4. The molecule has 2 atom stereocenters. The molecular formula is C19H25BrN2O2S. The number of benzene rings is 1. The number of amides is 1. The van der Waals surface area contributed by atoms with E-state index in [1.54, 1.807) is 0 Å². The molecule has 0 spiro atoms. The summed E-state index contributed by atoms with van der Waals surface area (Å²) in [6, 6.07) is 6.29. The van der Waals surface area contributed by atoms with Gasteiger partial charge in [-0.15, -0.1) is 11.8 Å². The minimum Gasteiger partial charge on any atom is -0.445 e. The van der Waals surface area contributed by atoms with Crippen molar-refractivity contribution in [2.45, 2.75) is 43.7 Å². The van der Waals surface area contributed by atoms with Crippen molar-refractivity contribution in [3.63, 3.8) is 0 Å². The quantitative estimate of drug-likeness (QED) is 0.761. The third-order valence-corrected chi connectivity index (χ3v) is 7.85. The average molecular weight is 425 g/mol. The highest BCUT2D eigenvalue weighted by Crippen LogP contribution is 2.47. The van der Waals surface area contributed by atoms with Gasteiger partial charge >= 0.3 is 6.09 Å². The van der Waals surface area contributed by atoms with E-state index < -0.39 is 0 Å². The second kappa shape index (κ2) is 6.78. The van der Waals surface area contributed by atoms with Crippen molar-refractivity contribution in [2.75, 3.05) is 25.4 Å². The van der Waals surface area contributed by atoms with Gasteiger partial charge in [-0.1, -0.05) is 29.8 Å². The highest BCUT2D eigenvalue weighted by Gasteiger charge is 2.40. The second-order valence-electron chi connectivity index (χ2n) is 8.12. The summed E-state index contributed by atoms with van der Waals surface area (Å²) in [5.74, 6) is 1.51. The summed E-state index contributed by atoms with van der Waals surface area (Å²) in [7, 11) is 0. The van der Waals surface area contributed by atoms with Gasteiger partial charge in [0.2, 0.25) is 0 Å². The molecule has 1 N–H and O–H groups in total. The lowest BCUT2D eigenvalue weighted by atomic mass is 9.81. The molecule has 4 aliphatic rings. The molecule has 1 unspecified atom stereocenters. The molecule has 0 aliphatic carbocycles. The van der Waals surface area contributed by atoms with E-state index in [0.717, 1.165) is 42.7 Å². The first-order valence-electron chi connectivity index (χ1n) is 9.04. The Kier molecular flexibility index (Phi) is 4.80. The molecule has 2 bridgehead atoms. The molecule has 6 heteroatoms. The molecule has 136 valence electrons. The predicted molar refractivity (Wildman–Crippen MR) is 104 cm³/mol. The number of carbonyl (C=O) groups is 1. The van der Waals surface area contributed by atoms with Crippen LogP contribution in [-0.4, -0.2) is 42.5 Å². The van der Waals surface area contributed by atoms with Crippen LogP contribution in [0.15, 0.2) is 27.6 Å². The SMILES string of the molecule is CC1(C)CSc2ccc(Br)cc2C1NC(=O)O[C@H]1CN2CCC1CC2. The molecule has 1 amide bonds. The van der Waals surface area contributed by atoms with Gasteiger partial charge in [-0.3, -0.25) is 4.90 Å². The Hall–Kier alpha value is -0.720. The van der Waals surface area contributed by atoms with Crippen molar-refractivity contribution in [1.29, 1.82) is 0 Å². The van der Waals surface area contributed by atoms with Crippen LogP contribution in [0.3, 0.4) is 0 Å². The topological polar surface area (TPSA) is 41.6 Å². The summed E-state index contributed by atoms with van der Waals surface area (Å²) in [5.41, 5.74) is 1.16. The first-order chi connectivity index (χ1) is 11.9. The molecule has 5 rings (SSSR count). The van der Waals surface area contributed by atoms with Crippen LogP contribution in [0, 0.1) is 11.3 Å². The maximum Gasteiger partial charge on any atom is 0.407 e. The van der Waals surface area contributed by atoms with Crippen LogP contribution in [0.25, 0.3) is 0 Å². The maximum absolute atomic E-state index is 12.7. The molecule has 0 aromatic heterocycles. The Labute approximate surface area is 162 Å². The summed E-state index contributed by atoms with van der Waals surface area (Å²) in [5, 5.41) is 3.19. The first-order valence-corrected chi connectivity index (χ1v) is 10.8. The normalized spacial score (nSPS) is 32.8. The number of alkyl carbamates (subject to hydrolysis) is 1. The molecule has 25 heavy (non-hydrogen) atoms. The van der Waals surface area contributed by atoms with Gasteiger partial charge in [-0.2, -0.15) is 0 Å². The zero-order valence-corrected chi connectivity index (χ0v) is 17.2. The van der Waals surface area contributed by atoms with Crippen molar-refractivity contribution in [1.82, 2.24) is 10.2 Å². The Morgan fingerprint density at radius 2 is 2.12 bits per heavy atom. The summed E-state index contributed by atoms with van der Waals surface area (Å²) < 4.78 is 6.90. The molecule has 4 nitrogen and oxygen atoms in total. The van der Waals surface area contributed by atoms with Crippen LogP contribution in [0.4, 0.5) is 4.79 Å². The van der Waals surface area contributed by atoms with Crippen LogP contribution >= 0.6 is 27.7 Å². The van der Waals surface area contributed by atoms with E-state index >= 15 is 0 Å². The van der Waals surface area contributed by atoms with Crippen molar-refractivity contribution >= 4 is 33.8 Å². The summed E-state index contributed by atoms with van der Waals surface area (Å²) in [4.78, 5) is 16.3. The van der Waals surface area contributed by atoms with Gasteiger partial charge in [-0.25, -0.2) is 4.79 Å². The van der Waals surface area contributed by atoms with E-state index in [-0.39, 0.29) is 23.7 Å². The summed E-state index contributed by atoms with van der Waals surface area (Å²) in [6.45, 7) is 7.62. The van der Waals surface area contributed by atoms with Gasteiger partial charge in [0.1, 0.15) is 6.10 Å². The zero-order chi connectivity index (χ0) is 17.6. The number of thioether (sulfide) groups is 1.